The third-order valence-electron chi connectivity index (χ3n) is 5.15. The average Bonchev–Trinajstić information content (AvgIpc) is 2.66. The molecule has 0 spiro atoms. The van der Waals surface area contributed by atoms with E-state index >= 15 is 0 Å². The van der Waals surface area contributed by atoms with Gasteiger partial charge in [0, 0.05) is 12.2 Å². The minimum Gasteiger partial charge on any atom is -0.445 e. The van der Waals surface area contributed by atoms with Crippen molar-refractivity contribution in [1.82, 2.24) is 9.88 Å². The molecule has 0 N–H and O–H groups in total. The maximum atomic E-state index is 12.7. The Morgan fingerprint density at radius 1 is 1.23 bits per heavy atom. The Hall–Kier alpha value is -2.33. The smallest absolute Gasteiger partial charge is 0.410 e. The number of ether oxygens (including phenoxy) is 1. The number of halogens is 1. The van der Waals surface area contributed by atoms with E-state index < -0.39 is 0 Å². The van der Waals surface area contributed by atoms with Crippen molar-refractivity contribution in [3.8, 4) is 0 Å². The van der Waals surface area contributed by atoms with Crippen LogP contribution >= 0.6 is 11.6 Å². The summed E-state index contributed by atoms with van der Waals surface area (Å²) in [6, 6.07) is 13.9. The van der Waals surface area contributed by atoms with E-state index in [0.29, 0.717) is 11.8 Å². The number of pyridine rings is 1. The zero-order valence-corrected chi connectivity index (χ0v) is 15.2. The van der Waals surface area contributed by atoms with Crippen LogP contribution in [0, 0.1) is 0 Å². The van der Waals surface area contributed by atoms with Gasteiger partial charge in [0.1, 0.15) is 11.8 Å². The van der Waals surface area contributed by atoms with Crippen LogP contribution in [-0.2, 0) is 11.3 Å². The van der Waals surface area contributed by atoms with Gasteiger partial charge in [-0.3, -0.25) is 4.90 Å². The quantitative estimate of drug-likeness (QED) is 0.709. The number of nitrogens with zero attached hydrogens (tertiary/aromatic N) is 2. The Bertz CT molecular complexity index is 822. The fraction of sp³-hybridized carbons (Fsp3) is 0.333. The van der Waals surface area contributed by atoms with E-state index in [1.54, 1.807) is 6.20 Å². The SMILES string of the molecule is O=C(OCc1ccccc1)N1C2C=C(c3ccnc(Cl)c3)CC1CCC2. The van der Waals surface area contributed by atoms with Gasteiger partial charge in [-0.25, -0.2) is 9.78 Å². The van der Waals surface area contributed by atoms with Gasteiger partial charge in [-0.05, 0) is 54.5 Å². The van der Waals surface area contributed by atoms with E-state index in [4.69, 9.17) is 16.3 Å². The molecule has 3 heterocycles. The van der Waals surface area contributed by atoms with Crippen LogP contribution in [0.15, 0.2) is 54.7 Å². The number of hydrogen-bond donors (Lipinski definition) is 0. The number of aromatic nitrogens is 1. The summed E-state index contributed by atoms with van der Waals surface area (Å²) in [5, 5.41) is 0.498. The van der Waals surface area contributed by atoms with E-state index in [2.05, 4.69) is 11.1 Å². The lowest BCUT2D eigenvalue weighted by atomic mass is 9.83. The van der Waals surface area contributed by atoms with Crippen LogP contribution in [-0.4, -0.2) is 28.1 Å². The van der Waals surface area contributed by atoms with Crippen LogP contribution in [0.1, 0.15) is 36.8 Å². The summed E-state index contributed by atoms with van der Waals surface area (Å²) in [5.74, 6) is 0. The van der Waals surface area contributed by atoms with Crippen molar-refractivity contribution >= 4 is 23.3 Å². The van der Waals surface area contributed by atoms with E-state index in [9.17, 15) is 4.79 Å². The molecule has 0 radical (unpaired) electrons. The van der Waals surface area contributed by atoms with Crippen LogP contribution in [0.3, 0.4) is 0 Å². The maximum absolute atomic E-state index is 12.7. The molecule has 0 aliphatic carbocycles. The van der Waals surface area contributed by atoms with E-state index in [1.807, 2.05) is 47.4 Å². The number of carbonyl (C=O) groups is 1. The fourth-order valence-corrected chi connectivity index (χ4v) is 4.10. The molecule has 2 atom stereocenters. The number of benzene rings is 1. The summed E-state index contributed by atoms with van der Waals surface area (Å²) in [5.41, 5.74) is 3.35. The molecule has 2 unspecified atom stereocenters. The van der Waals surface area contributed by atoms with Crippen LogP contribution in [0.25, 0.3) is 5.57 Å². The molecule has 1 saturated heterocycles. The molecular weight excluding hydrogens is 348 g/mol. The van der Waals surface area contributed by atoms with Gasteiger partial charge in [-0.2, -0.15) is 0 Å². The third-order valence-corrected chi connectivity index (χ3v) is 5.36. The Kier molecular flexibility index (Phi) is 4.93. The van der Waals surface area contributed by atoms with Crippen molar-refractivity contribution in [2.24, 2.45) is 0 Å². The Labute approximate surface area is 158 Å². The van der Waals surface area contributed by atoms with Crippen LogP contribution in [0.4, 0.5) is 4.79 Å². The molecular formula is C21H21ClN2O2. The Balaban J connectivity index is 1.50. The number of rotatable bonds is 3. The number of piperidine rings is 1. The second-order valence-electron chi connectivity index (χ2n) is 6.86. The van der Waals surface area contributed by atoms with Gasteiger partial charge in [0.15, 0.2) is 0 Å². The molecule has 1 amide bonds. The zero-order chi connectivity index (χ0) is 17.9. The van der Waals surface area contributed by atoms with Crippen molar-refractivity contribution < 1.29 is 9.53 Å². The molecule has 5 heteroatoms. The first-order valence-electron chi connectivity index (χ1n) is 9.02. The molecule has 2 aliphatic rings. The van der Waals surface area contributed by atoms with Gasteiger partial charge in [0.05, 0.1) is 6.04 Å². The molecule has 2 aromatic rings. The third kappa shape index (κ3) is 3.61. The molecule has 4 rings (SSSR count). The van der Waals surface area contributed by atoms with Gasteiger partial charge in [0.2, 0.25) is 0 Å². The summed E-state index contributed by atoms with van der Waals surface area (Å²) in [6.07, 6.45) is 7.66. The zero-order valence-electron chi connectivity index (χ0n) is 14.5. The summed E-state index contributed by atoms with van der Waals surface area (Å²) >= 11 is 6.04. The van der Waals surface area contributed by atoms with E-state index in [1.165, 1.54) is 5.57 Å². The maximum Gasteiger partial charge on any atom is 0.410 e. The second kappa shape index (κ2) is 7.50. The molecule has 1 aromatic heterocycles. The number of hydrogen-bond acceptors (Lipinski definition) is 3. The highest BCUT2D eigenvalue weighted by atomic mass is 35.5. The highest BCUT2D eigenvalue weighted by Gasteiger charge is 2.38. The second-order valence-corrected chi connectivity index (χ2v) is 7.25. The molecule has 2 bridgehead atoms. The first kappa shape index (κ1) is 17.1. The molecule has 0 saturated carbocycles. The predicted octanol–water partition coefficient (Wildman–Crippen LogP) is 5.08. The lowest BCUT2D eigenvalue weighted by Crippen LogP contribution is -2.51. The Morgan fingerprint density at radius 2 is 2.08 bits per heavy atom. The molecule has 26 heavy (non-hydrogen) atoms. The standard InChI is InChI=1S/C21H21ClN2O2/c22-20-13-16(9-10-23-20)17-11-18-7-4-8-19(12-17)24(18)21(25)26-14-15-5-2-1-3-6-15/h1-3,5-6,9-11,13,18-19H,4,7-8,12,14H2. The van der Waals surface area contributed by atoms with Crippen LogP contribution in [0.2, 0.25) is 5.15 Å². The number of amides is 1. The number of fused-ring (bicyclic) bond motifs is 2. The van der Waals surface area contributed by atoms with Crippen LogP contribution < -0.4 is 0 Å². The first-order chi connectivity index (χ1) is 12.7. The normalized spacial score (nSPS) is 21.9. The monoisotopic (exact) mass is 368 g/mol. The van der Waals surface area contributed by atoms with Crippen molar-refractivity contribution in [1.29, 1.82) is 0 Å². The van der Waals surface area contributed by atoms with Crippen molar-refractivity contribution in [3.05, 3.63) is 71.0 Å². The Morgan fingerprint density at radius 3 is 2.85 bits per heavy atom. The van der Waals surface area contributed by atoms with Gasteiger partial charge in [-0.15, -0.1) is 0 Å². The molecule has 1 aromatic carbocycles. The lowest BCUT2D eigenvalue weighted by Gasteiger charge is -2.44. The minimum atomic E-state index is -0.216. The van der Waals surface area contributed by atoms with Crippen molar-refractivity contribution in [2.75, 3.05) is 0 Å². The predicted molar refractivity (Wildman–Crippen MR) is 102 cm³/mol. The number of carbonyl (C=O) groups excluding carboxylic acids is 1. The average molecular weight is 369 g/mol. The summed E-state index contributed by atoms with van der Waals surface area (Å²) < 4.78 is 5.59. The van der Waals surface area contributed by atoms with Gasteiger partial charge >= 0.3 is 6.09 Å². The van der Waals surface area contributed by atoms with E-state index in [0.717, 1.165) is 36.8 Å². The van der Waals surface area contributed by atoms with Gasteiger partial charge < -0.3 is 4.74 Å². The highest BCUT2D eigenvalue weighted by molar-refractivity contribution is 6.29. The minimum absolute atomic E-state index is 0.0905. The molecule has 134 valence electrons. The van der Waals surface area contributed by atoms with Crippen molar-refractivity contribution in [3.63, 3.8) is 0 Å². The summed E-state index contributed by atoms with van der Waals surface area (Å²) in [4.78, 5) is 18.7. The van der Waals surface area contributed by atoms with Gasteiger partial charge in [-0.1, -0.05) is 48.0 Å². The highest BCUT2D eigenvalue weighted by Crippen LogP contribution is 2.37. The van der Waals surface area contributed by atoms with Gasteiger partial charge in [0.25, 0.3) is 0 Å². The summed E-state index contributed by atoms with van der Waals surface area (Å²) in [7, 11) is 0. The molecule has 2 aliphatic heterocycles. The topological polar surface area (TPSA) is 42.4 Å². The summed E-state index contributed by atoms with van der Waals surface area (Å²) in [6.45, 7) is 0.312. The lowest BCUT2D eigenvalue weighted by molar-refractivity contribution is 0.0510. The first-order valence-corrected chi connectivity index (χ1v) is 9.40. The largest absolute Gasteiger partial charge is 0.445 e. The van der Waals surface area contributed by atoms with Crippen LogP contribution in [0.5, 0.6) is 0 Å². The molecule has 1 fully saturated rings. The van der Waals surface area contributed by atoms with Crippen molar-refractivity contribution in [2.45, 2.75) is 44.4 Å². The fourth-order valence-electron chi connectivity index (χ4n) is 3.92. The molecule has 4 nitrogen and oxygen atoms in total. The van der Waals surface area contributed by atoms with E-state index in [-0.39, 0.29) is 18.2 Å².